The number of aromatic amines is 1. The Balaban J connectivity index is 1.89. The number of hydrogen-bond acceptors (Lipinski definition) is 4. The minimum absolute atomic E-state index is 0.0171. The van der Waals surface area contributed by atoms with Crippen LogP contribution in [0.1, 0.15) is 12.8 Å². The molecule has 1 aliphatic heterocycles. The van der Waals surface area contributed by atoms with Crippen LogP contribution in [0.5, 0.6) is 0 Å². The number of ether oxygens (including phenoxy) is 1. The van der Waals surface area contributed by atoms with Crippen LogP contribution in [0.2, 0.25) is 0 Å². The van der Waals surface area contributed by atoms with Gasteiger partial charge in [-0.25, -0.2) is 9.37 Å². The van der Waals surface area contributed by atoms with Crippen molar-refractivity contribution in [1.82, 2.24) is 9.97 Å². The number of rotatable bonds is 2. The Morgan fingerprint density at radius 3 is 3.10 bits per heavy atom. The summed E-state index contributed by atoms with van der Waals surface area (Å²) in [5.74, 6) is -1.21. The van der Waals surface area contributed by atoms with Crippen LogP contribution in [-0.2, 0) is 9.53 Å². The fourth-order valence-electron chi connectivity index (χ4n) is 2.37. The molecule has 0 aliphatic carbocycles. The van der Waals surface area contributed by atoms with Crippen molar-refractivity contribution in [3.63, 3.8) is 0 Å². The maximum Gasteiger partial charge on any atom is 0.258 e. The fraction of sp³-hybridized carbons (Fsp3) is 0.357. The van der Waals surface area contributed by atoms with Gasteiger partial charge in [0.1, 0.15) is 5.82 Å². The SMILES string of the molecule is O=C(Nc1cc2c(=O)[nH]cnc2cc1F)[C@@H]1CCCOC1. The molecule has 6 nitrogen and oxygen atoms in total. The first-order valence-corrected chi connectivity index (χ1v) is 6.70. The first-order valence-electron chi connectivity index (χ1n) is 6.70. The topological polar surface area (TPSA) is 84.1 Å². The highest BCUT2D eigenvalue weighted by molar-refractivity contribution is 5.95. The molecule has 1 fully saturated rings. The largest absolute Gasteiger partial charge is 0.381 e. The molecule has 0 saturated carbocycles. The van der Waals surface area contributed by atoms with Crippen molar-refractivity contribution < 1.29 is 13.9 Å². The van der Waals surface area contributed by atoms with Crippen molar-refractivity contribution >= 4 is 22.5 Å². The molecule has 7 heteroatoms. The number of amides is 1. The standard InChI is InChI=1S/C14H14FN3O3/c15-10-5-11-9(14(20)17-7-16-11)4-12(10)18-13(19)8-2-1-3-21-6-8/h4-5,7-8H,1-3,6H2,(H,18,19)(H,16,17,20)/t8-/m1/s1. The van der Waals surface area contributed by atoms with Gasteiger partial charge in [-0.1, -0.05) is 0 Å². The smallest absolute Gasteiger partial charge is 0.258 e. The van der Waals surface area contributed by atoms with Crippen LogP contribution in [0.4, 0.5) is 10.1 Å². The van der Waals surface area contributed by atoms with Gasteiger partial charge < -0.3 is 15.0 Å². The molecule has 1 saturated heterocycles. The molecule has 2 heterocycles. The fourth-order valence-corrected chi connectivity index (χ4v) is 2.37. The molecule has 2 aromatic rings. The van der Waals surface area contributed by atoms with Gasteiger partial charge in [0.25, 0.3) is 5.56 Å². The Hall–Kier alpha value is -2.28. The Kier molecular flexibility index (Phi) is 3.66. The third-order valence-corrected chi connectivity index (χ3v) is 3.52. The lowest BCUT2D eigenvalue weighted by Crippen LogP contribution is -2.30. The molecule has 3 rings (SSSR count). The molecule has 0 spiro atoms. The van der Waals surface area contributed by atoms with E-state index in [1.165, 1.54) is 12.4 Å². The van der Waals surface area contributed by atoms with E-state index in [0.717, 1.165) is 12.5 Å². The molecule has 0 unspecified atom stereocenters. The average molecular weight is 291 g/mol. The Labute approximate surface area is 119 Å². The lowest BCUT2D eigenvalue weighted by molar-refractivity contribution is -0.123. The number of aromatic nitrogens is 2. The van der Waals surface area contributed by atoms with Crippen molar-refractivity contribution in [3.05, 3.63) is 34.6 Å². The summed E-state index contributed by atoms with van der Waals surface area (Å²) in [6.45, 7) is 0.984. The van der Waals surface area contributed by atoms with Gasteiger partial charge in [0.15, 0.2) is 0 Å². The van der Waals surface area contributed by atoms with Gasteiger partial charge in [0, 0.05) is 12.7 Å². The maximum absolute atomic E-state index is 14.0. The zero-order chi connectivity index (χ0) is 14.8. The normalized spacial score (nSPS) is 18.6. The molecule has 1 atom stereocenters. The molecule has 1 aromatic heterocycles. The Morgan fingerprint density at radius 1 is 1.48 bits per heavy atom. The first-order chi connectivity index (χ1) is 10.1. The van der Waals surface area contributed by atoms with E-state index in [9.17, 15) is 14.0 Å². The van der Waals surface area contributed by atoms with E-state index in [4.69, 9.17) is 4.74 Å². The van der Waals surface area contributed by atoms with E-state index in [-0.39, 0.29) is 34.0 Å². The number of hydrogen-bond donors (Lipinski definition) is 2. The highest BCUT2D eigenvalue weighted by Crippen LogP contribution is 2.21. The summed E-state index contributed by atoms with van der Waals surface area (Å²) < 4.78 is 19.2. The van der Waals surface area contributed by atoms with E-state index < -0.39 is 5.82 Å². The second-order valence-corrected chi connectivity index (χ2v) is 4.98. The molecule has 1 amide bonds. The number of fused-ring (bicyclic) bond motifs is 1. The number of halogens is 1. The second kappa shape index (κ2) is 5.61. The van der Waals surface area contributed by atoms with Gasteiger partial charge >= 0.3 is 0 Å². The van der Waals surface area contributed by atoms with Crippen molar-refractivity contribution in [2.45, 2.75) is 12.8 Å². The van der Waals surface area contributed by atoms with Crippen LogP contribution in [0.3, 0.4) is 0 Å². The summed E-state index contributed by atoms with van der Waals surface area (Å²) in [6, 6.07) is 2.44. The molecule has 0 bridgehead atoms. The Morgan fingerprint density at radius 2 is 2.33 bits per heavy atom. The third-order valence-electron chi connectivity index (χ3n) is 3.52. The predicted octanol–water partition coefficient (Wildman–Crippen LogP) is 1.43. The van der Waals surface area contributed by atoms with Crippen LogP contribution < -0.4 is 10.9 Å². The van der Waals surface area contributed by atoms with E-state index in [0.29, 0.717) is 19.6 Å². The van der Waals surface area contributed by atoms with Crippen molar-refractivity contribution in [1.29, 1.82) is 0 Å². The van der Waals surface area contributed by atoms with Crippen molar-refractivity contribution in [3.8, 4) is 0 Å². The number of carbonyl (C=O) groups excluding carboxylic acids is 1. The summed E-state index contributed by atoms with van der Waals surface area (Å²) in [4.78, 5) is 30.1. The van der Waals surface area contributed by atoms with E-state index in [2.05, 4.69) is 15.3 Å². The first kappa shape index (κ1) is 13.7. The molecular formula is C14H14FN3O3. The number of nitrogens with zero attached hydrogens (tertiary/aromatic N) is 1. The lowest BCUT2D eigenvalue weighted by atomic mass is 10.0. The molecule has 110 valence electrons. The third kappa shape index (κ3) is 2.78. The van der Waals surface area contributed by atoms with Gasteiger partial charge in [0.2, 0.25) is 5.91 Å². The number of H-pyrrole nitrogens is 1. The number of benzene rings is 1. The zero-order valence-electron chi connectivity index (χ0n) is 11.2. The van der Waals surface area contributed by atoms with Crippen LogP contribution >= 0.6 is 0 Å². The maximum atomic E-state index is 14.0. The predicted molar refractivity (Wildman–Crippen MR) is 74.5 cm³/mol. The quantitative estimate of drug-likeness (QED) is 0.876. The number of carbonyl (C=O) groups is 1. The molecule has 2 N–H and O–H groups in total. The van der Waals surface area contributed by atoms with Crippen molar-refractivity contribution in [2.24, 2.45) is 5.92 Å². The number of nitrogens with one attached hydrogen (secondary N) is 2. The van der Waals surface area contributed by atoms with Crippen molar-refractivity contribution in [2.75, 3.05) is 18.5 Å². The highest BCUT2D eigenvalue weighted by atomic mass is 19.1. The monoisotopic (exact) mass is 291 g/mol. The summed E-state index contributed by atoms with van der Waals surface area (Å²) in [5, 5.41) is 2.76. The molecule has 0 radical (unpaired) electrons. The molecule has 1 aliphatic rings. The van der Waals surface area contributed by atoms with Gasteiger partial charge in [-0.3, -0.25) is 9.59 Å². The van der Waals surface area contributed by atoms with E-state index >= 15 is 0 Å². The molecule has 21 heavy (non-hydrogen) atoms. The van der Waals surface area contributed by atoms with E-state index in [1.807, 2.05) is 0 Å². The van der Waals surface area contributed by atoms with Gasteiger partial charge in [0.05, 0.1) is 35.4 Å². The van der Waals surface area contributed by atoms with Crippen LogP contribution in [0, 0.1) is 11.7 Å². The summed E-state index contributed by atoms with van der Waals surface area (Å²) in [6.07, 6.45) is 2.73. The average Bonchev–Trinajstić information content (AvgIpc) is 2.50. The summed E-state index contributed by atoms with van der Waals surface area (Å²) >= 11 is 0. The summed E-state index contributed by atoms with van der Waals surface area (Å²) in [5.41, 5.74) is -0.150. The second-order valence-electron chi connectivity index (χ2n) is 4.98. The van der Waals surface area contributed by atoms with E-state index in [1.54, 1.807) is 0 Å². The van der Waals surface area contributed by atoms with Gasteiger partial charge in [-0.2, -0.15) is 0 Å². The minimum atomic E-state index is -0.620. The van der Waals surface area contributed by atoms with Crippen LogP contribution in [-0.4, -0.2) is 29.1 Å². The molecule has 1 aromatic carbocycles. The summed E-state index contributed by atoms with van der Waals surface area (Å²) in [7, 11) is 0. The molecular weight excluding hydrogens is 277 g/mol. The van der Waals surface area contributed by atoms with Gasteiger partial charge in [-0.15, -0.1) is 0 Å². The van der Waals surface area contributed by atoms with Crippen LogP contribution in [0.15, 0.2) is 23.3 Å². The van der Waals surface area contributed by atoms with Crippen LogP contribution in [0.25, 0.3) is 10.9 Å². The minimum Gasteiger partial charge on any atom is -0.381 e. The number of anilines is 1. The highest BCUT2D eigenvalue weighted by Gasteiger charge is 2.22. The lowest BCUT2D eigenvalue weighted by Gasteiger charge is -2.21. The van der Waals surface area contributed by atoms with Gasteiger partial charge in [-0.05, 0) is 18.9 Å². The Bertz CT molecular complexity index is 738. The zero-order valence-corrected chi connectivity index (χ0v) is 11.2.